The van der Waals surface area contributed by atoms with Crippen LogP contribution in [-0.2, 0) is 6.54 Å². The van der Waals surface area contributed by atoms with Crippen LogP contribution in [0.2, 0.25) is 0 Å². The van der Waals surface area contributed by atoms with Gasteiger partial charge in [0.25, 0.3) is 5.56 Å². The third kappa shape index (κ3) is 4.09. The number of hydrogen-bond donors (Lipinski definition) is 2. The van der Waals surface area contributed by atoms with Gasteiger partial charge in [0.15, 0.2) is 0 Å². The monoisotopic (exact) mass is 317 g/mol. The van der Waals surface area contributed by atoms with Gasteiger partial charge in [-0.1, -0.05) is 17.7 Å². The summed E-state index contributed by atoms with van der Waals surface area (Å²) in [6.45, 7) is 5.89. The fourth-order valence-electron chi connectivity index (χ4n) is 2.76. The number of aromatic hydroxyl groups is 1. The van der Waals surface area contributed by atoms with Crippen molar-refractivity contribution in [3.63, 3.8) is 0 Å². The molecule has 2 rings (SSSR count). The normalized spacial score (nSPS) is 15.3. The van der Waals surface area contributed by atoms with Crippen molar-refractivity contribution in [3.05, 3.63) is 50.7 Å². The van der Waals surface area contributed by atoms with Crippen molar-refractivity contribution in [1.29, 1.82) is 0 Å². The third-order valence-corrected chi connectivity index (χ3v) is 4.01. The first-order valence-corrected chi connectivity index (χ1v) is 7.91. The van der Waals surface area contributed by atoms with Gasteiger partial charge in [0.2, 0.25) is 5.88 Å². The highest BCUT2D eigenvalue weighted by Gasteiger charge is 2.15. The number of hydrogen-bond acceptors (Lipinski definition) is 4. The quantitative estimate of drug-likeness (QED) is 0.622. The fraction of sp³-hybridized carbons (Fsp3) is 0.471. The van der Waals surface area contributed by atoms with Crippen molar-refractivity contribution >= 4 is 5.71 Å². The number of aromatic nitrogens is 2. The Labute approximate surface area is 134 Å². The SMILES string of the molecule is C=CCn1c(O)c(C(C)=NCCC2=CCCCC2)c(=O)[nH]c1=O. The van der Waals surface area contributed by atoms with Crippen molar-refractivity contribution in [3.8, 4) is 5.88 Å². The van der Waals surface area contributed by atoms with E-state index < -0.39 is 11.2 Å². The Morgan fingerprint density at radius 2 is 2.26 bits per heavy atom. The second-order valence-corrected chi connectivity index (χ2v) is 5.68. The Kier molecular flexibility index (Phi) is 5.73. The van der Waals surface area contributed by atoms with Crippen LogP contribution >= 0.6 is 0 Å². The van der Waals surface area contributed by atoms with E-state index in [9.17, 15) is 14.7 Å². The molecule has 1 aromatic heterocycles. The zero-order chi connectivity index (χ0) is 16.8. The van der Waals surface area contributed by atoms with Crippen LogP contribution in [0.1, 0.15) is 44.6 Å². The van der Waals surface area contributed by atoms with Crippen LogP contribution in [0.25, 0.3) is 0 Å². The first-order chi connectivity index (χ1) is 11.0. The predicted molar refractivity (Wildman–Crippen MR) is 91.4 cm³/mol. The second-order valence-electron chi connectivity index (χ2n) is 5.68. The Morgan fingerprint density at radius 3 is 2.91 bits per heavy atom. The van der Waals surface area contributed by atoms with Gasteiger partial charge in [-0.2, -0.15) is 0 Å². The average molecular weight is 317 g/mol. The molecule has 1 aliphatic rings. The lowest BCUT2D eigenvalue weighted by molar-refractivity contribution is 0.409. The van der Waals surface area contributed by atoms with Crippen LogP contribution in [0.4, 0.5) is 0 Å². The lowest BCUT2D eigenvalue weighted by Gasteiger charge is -2.12. The van der Waals surface area contributed by atoms with Crippen molar-refractivity contribution in [2.24, 2.45) is 4.99 Å². The minimum atomic E-state index is -0.656. The lowest BCUT2D eigenvalue weighted by atomic mass is 9.97. The van der Waals surface area contributed by atoms with Gasteiger partial charge in [-0.15, -0.1) is 6.58 Å². The molecule has 0 atom stereocenters. The van der Waals surface area contributed by atoms with E-state index in [4.69, 9.17) is 0 Å². The first kappa shape index (κ1) is 17.0. The molecule has 0 bridgehead atoms. The molecule has 0 radical (unpaired) electrons. The average Bonchev–Trinajstić information content (AvgIpc) is 2.52. The fourth-order valence-corrected chi connectivity index (χ4v) is 2.76. The molecule has 0 amide bonds. The molecule has 0 aromatic carbocycles. The second kappa shape index (κ2) is 7.76. The number of nitrogens with zero attached hydrogens (tertiary/aromatic N) is 2. The predicted octanol–water partition coefficient (Wildman–Crippen LogP) is 2.13. The van der Waals surface area contributed by atoms with Gasteiger partial charge in [-0.05, 0) is 39.0 Å². The molecule has 1 aromatic rings. The van der Waals surface area contributed by atoms with Gasteiger partial charge in [-0.25, -0.2) is 4.79 Å². The van der Waals surface area contributed by atoms with Crippen molar-refractivity contribution in [2.45, 2.75) is 45.6 Å². The molecule has 23 heavy (non-hydrogen) atoms. The van der Waals surface area contributed by atoms with Crippen LogP contribution in [-0.4, -0.2) is 26.9 Å². The maximum Gasteiger partial charge on any atom is 0.331 e. The molecule has 1 heterocycles. The van der Waals surface area contributed by atoms with Crippen LogP contribution in [0.15, 0.2) is 38.9 Å². The van der Waals surface area contributed by atoms with Gasteiger partial charge in [0.05, 0.1) is 0 Å². The highest BCUT2D eigenvalue weighted by atomic mass is 16.3. The van der Waals surface area contributed by atoms with E-state index >= 15 is 0 Å². The van der Waals surface area contributed by atoms with Crippen molar-refractivity contribution in [1.82, 2.24) is 9.55 Å². The summed E-state index contributed by atoms with van der Waals surface area (Å²) in [5.41, 5.74) is 0.604. The summed E-state index contributed by atoms with van der Waals surface area (Å²) in [5.74, 6) is -0.364. The summed E-state index contributed by atoms with van der Waals surface area (Å²) >= 11 is 0. The molecule has 2 N–H and O–H groups in total. The molecule has 0 saturated carbocycles. The van der Waals surface area contributed by atoms with Crippen molar-refractivity contribution < 1.29 is 5.11 Å². The van der Waals surface area contributed by atoms with Gasteiger partial charge in [-0.3, -0.25) is 19.3 Å². The van der Waals surface area contributed by atoms with Crippen LogP contribution in [0.3, 0.4) is 0 Å². The van der Waals surface area contributed by atoms with E-state index in [0.717, 1.165) is 23.8 Å². The van der Waals surface area contributed by atoms with Crippen LogP contribution in [0, 0.1) is 0 Å². The van der Waals surface area contributed by atoms with E-state index in [1.807, 2.05) is 0 Å². The molecule has 0 spiro atoms. The largest absolute Gasteiger partial charge is 0.494 e. The molecule has 6 heteroatoms. The summed E-state index contributed by atoms with van der Waals surface area (Å²) in [6, 6.07) is 0. The van der Waals surface area contributed by atoms with Crippen LogP contribution in [0.5, 0.6) is 5.88 Å². The van der Waals surface area contributed by atoms with Crippen molar-refractivity contribution in [2.75, 3.05) is 6.54 Å². The number of allylic oxidation sites excluding steroid dienone is 2. The summed E-state index contributed by atoms with van der Waals surface area (Å²) in [4.78, 5) is 30.3. The standard InChI is InChI=1S/C17H23N3O3/c1-3-11-20-16(22)14(15(21)19-17(20)23)12(2)18-10-9-13-7-5-4-6-8-13/h3,7,22H,1,4-6,8-11H2,2H3,(H,19,21,23). The van der Waals surface area contributed by atoms with Gasteiger partial charge in [0, 0.05) is 18.8 Å². The van der Waals surface area contributed by atoms with Gasteiger partial charge >= 0.3 is 5.69 Å². The summed E-state index contributed by atoms with van der Waals surface area (Å²) < 4.78 is 1.06. The minimum Gasteiger partial charge on any atom is -0.494 e. The van der Waals surface area contributed by atoms with E-state index in [1.54, 1.807) is 6.92 Å². The highest BCUT2D eigenvalue weighted by Crippen LogP contribution is 2.20. The van der Waals surface area contributed by atoms with E-state index in [0.29, 0.717) is 12.3 Å². The number of nitrogens with one attached hydrogen (secondary N) is 1. The molecule has 124 valence electrons. The molecule has 1 aliphatic carbocycles. The Hall–Kier alpha value is -2.37. The van der Waals surface area contributed by atoms with E-state index in [-0.39, 0.29) is 18.0 Å². The first-order valence-electron chi connectivity index (χ1n) is 7.91. The summed E-state index contributed by atoms with van der Waals surface area (Å²) in [7, 11) is 0. The topological polar surface area (TPSA) is 87.4 Å². The Morgan fingerprint density at radius 1 is 1.48 bits per heavy atom. The maximum absolute atomic E-state index is 12.0. The molecule has 0 unspecified atom stereocenters. The molecule has 0 aliphatic heterocycles. The van der Waals surface area contributed by atoms with E-state index in [2.05, 4.69) is 22.6 Å². The minimum absolute atomic E-state index is 0.0454. The molecular formula is C17H23N3O3. The molecule has 6 nitrogen and oxygen atoms in total. The number of H-pyrrole nitrogens is 1. The smallest absolute Gasteiger partial charge is 0.331 e. The maximum atomic E-state index is 12.0. The zero-order valence-electron chi connectivity index (χ0n) is 13.5. The summed E-state index contributed by atoms with van der Waals surface area (Å²) in [5, 5.41) is 10.2. The van der Waals surface area contributed by atoms with E-state index in [1.165, 1.54) is 24.5 Å². The number of aromatic amines is 1. The highest BCUT2D eigenvalue weighted by molar-refractivity contribution is 6.00. The molecular weight excluding hydrogens is 294 g/mol. The lowest BCUT2D eigenvalue weighted by Crippen LogP contribution is -2.33. The number of rotatable bonds is 6. The Balaban J connectivity index is 2.22. The molecule has 0 fully saturated rings. The van der Waals surface area contributed by atoms with Crippen LogP contribution < -0.4 is 11.2 Å². The zero-order valence-corrected chi connectivity index (χ0v) is 13.5. The molecule has 0 saturated heterocycles. The number of aliphatic imine (C=N–C) groups is 1. The third-order valence-electron chi connectivity index (χ3n) is 4.01. The van der Waals surface area contributed by atoms with Gasteiger partial charge in [0.1, 0.15) is 5.56 Å². The van der Waals surface area contributed by atoms with Gasteiger partial charge < -0.3 is 5.11 Å². The Bertz CT molecular complexity index is 753. The summed E-state index contributed by atoms with van der Waals surface area (Å²) in [6.07, 6.45) is 9.33.